The number of hydrogen-bond acceptors (Lipinski definition) is 4. The molecule has 9 heteroatoms. The van der Waals surface area contributed by atoms with E-state index in [2.05, 4.69) is 5.32 Å². The second-order valence-electron chi connectivity index (χ2n) is 7.44. The van der Waals surface area contributed by atoms with Gasteiger partial charge in [-0.25, -0.2) is 12.8 Å². The van der Waals surface area contributed by atoms with Crippen LogP contribution in [-0.2, 0) is 14.8 Å². The van der Waals surface area contributed by atoms with Crippen molar-refractivity contribution < 1.29 is 17.6 Å². The number of likely N-dealkylation sites (tertiary alicyclic amines) is 1. The third kappa shape index (κ3) is 5.03. The van der Waals surface area contributed by atoms with E-state index in [0.29, 0.717) is 18.8 Å². The smallest absolute Gasteiger partial charge is 0.245 e. The molecule has 0 bridgehead atoms. The van der Waals surface area contributed by atoms with Crippen molar-refractivity contribution >= 4 is 28.3 Å². The molecule has 0 spiro atoms. The summed E-state index contributed by atoms with van der Waals surface area (Å²) in [5, 5.41) is 3.19. The van der Waals surface area contributed by atoms with Gasteiger partial charge in [-0.3, -0.25) is 4.79 Å². The summed E-state index contributed by atoms with van der Waals surface area (Å²) in [4.78, 5) is 14.4. The van der Waals surface area contributed by atoms with E-state index < -0.39 is 15.8 Å². The van der Waals surface area contributed by atoms with Crippen molar-refractivity contribution in [1.29, 1.82) is 0 Å². The van der Waals surface area contributed by atoms with Crippen LogP contribution in [0.2, 0.25) is 0 Å². The molecule has 1 aromatic carbocycles. The fourth-order valence-electron chi connectivity index (χ4n) is 4.04. The maximum atomic E-state index is 13.9. The van der Waals surface area contributed by atoms with E-state index in [1.54, 1.807) is 0 Å². The van der Waals surface area contributed by atoms with Gasteiger partial charge in [0.1, 0.15) is 10.7 Å². The van der Waals surface area contributed by atoms with Crippen molar-refractivity contribution in [2.24, 2.45) is 11.8 Å². The highest BCUT2D eigenvalue weighted by Gasteiger charge is 2.35. The van der Waals surface area contributed by atoms with Gasteiger partial charge in [-0.1, -0.05) is 12.1 Å². The normalized spacial score (nSPS) is 20.0. The quantitative estimate of drug-likeness (QED) is 0.772. The van der Waals surface area contributed by atoms with E-state index in [-0.39, 0.29) is 42.2 Å². The summed E-state index contributed by atoms with van der Waals surface area (Å²) < 4.78 is 40.5. The van der Waals surface area contributed by atoms with Crippen LogP contribution in [0.25, 0.3) is 0 Å². The lowest BCUT2D eigenvalue weighted by Gasteiger charge is -2.37. The number of hydrogen-bond donors (Lipinski definition) is 1. The van der Waals surface area contributed by atoms with Crippen molar-refractivity contribution in [3.63, 3.8) is 0 Å². The largest absolute Gasteiger partial charge is 0.342 e. The van der Waals surface area contributed by atoms with Crippen LogP contribution >= 0.6 is 12.4 Å². The highest BCUT2D eigenvalue weighted by Crippen LogP contribution is 2.27. The Morgan fingerprint density at radius 2 is 1.71 bits per heavy atom. The Balaban J connectivity index is 0.00000280. The fourth-order valence-corrected chi connectivity index (χ4v) is 5.58. The Hall–Kier alpha value is -1.22. The molecule has 2 fully saturated rings. The number of rotatable bonds is 5. The molecule has 0 radical (unpaired) electrons. The SMILES string of the molecule is CNCC1CCN(C(=O)C2CCN(S(=O)(=O)c3ccccc3F)CC2)CC1.Cl. The topological polar surface area (TPSA) is 69.7 Å². The molecule has 6 nitrogen and oxygen atoms in total. The molecule has 0 aliphatic carbocycles. The molecule has 2 aliphatic heterocycles. The van der Waals surface area contributed by atoms with Crippen LogP contribution in [-0.4, -0.2) is 63.3 Å². The van der Waals surface area contributed by atoms with Gasteiger partial charge in [-0.15, -0.1) is 12.4 Å². The van der Waals surface area contributed by atoms with E-state index in [1.165, 1.54) is 22.5 Å². The summed E-state index contributed by atoms with van der Waals surface area (Å²) in [6, 6.07) is 5.43. The highest BCUT2D eigenvalue weighted by molar-refractivity contribution is 7.89. The van der Waals surface area contributed by atoms with Crippen molar-refractivity contribution in [1.82, 2.24) is 14.5 Å². The van der Waals surface area contributed by atoms with Crippen LogP contribution < -0.4 is 5.32 Å². The molecular weight excluding hydrogens is 405 g/mol. The maximum absolute atomic E-state index is 13.9. The lowest BCUT2D eigenvalue weighted by atomic mass is 9.92. The summed E-state index contributed by atoms with van der Waals surface area (Å²) in [5.74, 6) is -0.120. The molecule has 2 heterocycles. The Bertz CT molecular complexity index is 761. The first kappa shape index (κ1) is 23.1. The van der Waals surface area contributed by atoms with E-state index in [1.807, 2.05) is 11.9 Å². The minimum absolute atomic E-state index is 0. The summed E-state index contributed by atoms with van der Waals surface area (Å²) in [7, 11) is -1.91. The Morgan fingerprint density at radius 3 is 2.29 bits per heavy atom. The number of sulfonamides is 1. The van der Waals surface area contributed by atoms with Gasteiger partial charge in [0.15, 0.2) is 0 Å². The van der Waals surface area contributed by atoms with E-state index >= 15 is 0 Å². The van der Waals surface area contributed by atoms with Gasteiger partial charge in [0.25, 0.3) is 0 Å². The number of piperidine rings is 2. The Labute approximate surface area is 172 Å². The second kappa shape index (κ2) is 10.0. The third-order valence-electron chi connectivity index (χ3n) is 5.68. The standard InChI is InChI=1S/C19H28FN3O3S.ClH/c1-21-14-15-6-10-22(11-7-15)19(24)16-8-12-23(13-9-16)27(25,26)18-5-3-2-4-17(18)20;/h2-5,15-16,21H,6-14H2,1H3;1H. The van der Waals surface area contributed by atoms with Crippen LogP contribution in [0.5, 0.6) is 0 Å². The molecule has 2 aliphatic rings. The lowest BCUT2D eigenvalue weighted by molar-refractivity contribution is -0.138. The number of benzene rings is 1. The van der Waals surface area contributed by atoms with Crippen molar-refractivity contribution in [2.75, 3.05) is 39.8 Å². The van der Waals surface area contributed by atoms with Gasteiger partial charge < -0.3 is 10.2 Å². The first-order valence-electron chi connectivity index (χ1n) is 9.61. The van der Waals surface area contributed by atoms with Gasteiger partial charge in [0.05, 0.1) is 0 Å². The van der Waals surface area contributed by atoms with Crippen LogP contribution in [0.1, 0.15) is 25.7 Å². The molecule has 1 N–H and O–H groups in total. The molecule has 2 saturated heterocycles. The predicted molar refractivity (Wildman–Crippen MR) is 108 cm³/mol. The number of nitrogens with one attached hydrogen (secondary N) is 1. The summed E-state index contributed by atoms with van der Waals surface area (Å²) in [6.07, 6.45) is 2.99. The molecule has 0 saturated carbocycles. The fraction of sp³-hybridized carbons (Fsp3) is 0.632. The van der Waals surface area contributed by atoms with Crippen LogP contribution in [0, 0.1) is 17.7 Å². The lowest BCUT2D eigenvalue weighted by Crippen LogP contribution is -2.47. The average molecular weight is 434 g/mol. The van der Waals surface area contributed by atoms with E-state index in [0.717, 1.165) is 38.5 Å². The van der Waals surface area contributed by atoms with Gasteiger partial charge in [0, 0.05) is 32.1 Å². The van der Waals surface area contributed by atoms with Crippen LogP contribution in [0.4, 0.5) is 4.39 Å². The number of nitrogens with zero attached hydrogens (tertiary/aromatic N) is 2. The average Bonchev–Trinajstić information content (AvgIpc) is 2.68. The molecule has 0 unspecified atom stereocenters. The number of carbonyl (C=O) groups excluding carboxylic acids is 1. The molecule has 3 rings (SSSR count). The van der Waals surface area contributed by atoms with Gasteiger partial charge in [-0.2, -0.15) is 4.31 Å². The molecule has 28 heavy (non-hydrogen) atoms. The molecule has 1 amide bonds. The molecule has 1 aromatic rings. The van der Waals surface area contributed by atoms with Crippen molar-refractivity contribution in [3.8, 4) is 0 Å². The third-order valence-corrected chi connectivity index (χ3v) is 7.61. The Morgan fingerprint density at radius 1 is 1.11 bits per heavy atom. The van der Waals surface area contributed by atoms with Crippen LogP contribution in [0.3, 0.4) is 0 Å². The summed E-state index contributed by atoms with van der Waals surface area (Å²) in [6.45, 7) is 3.04. The number of carbonyl (C=O) groups is 1. The first-order valence-corrected chi connectivity index (χ1v) is 11.1. The van der Waals surface area contributed by atoms with Crippen LogP contribution in [0.15, 0.2) is 29.2 Å². The monoisotopic (exact) mass is 433 g/mol. The Kier molecular flexibility index (Phi) is 8.24. The van der Waals surface area contributed by atoms with E-state index in [9.17, 15) is 17.6 Å². The van der Waals surface area contributed by atoms with Crippen molar-refractivity contribution in [3.05, 3.63) is 30.1 Å². The zero-order chi connectivity index (χ0) is 19.4. The maximum Gasteiger partial charge on any atom is 0.245 e. The summed E-state index contributed by atoms with van der Waals surface area (Å²) in [5.41, 5.74) is 0. The van der Waals surface area contributed by atoms with Crippen molar-refractivity contribution in [2.45, 2.75) is 30.6 Å². The molecule has 158 valence electrons. The summed E-state index contributed by atoms with van der Waals surface area (Å²) >= 11 is 0. The van der Waals surface area contributed by atoms with Gasteiger partial charge >= 0.3 is 0 Å². The minimum Gasteiger partial charge on any atom is -0.342 e. The predicted octanol–water partition coefficient (Wildman–Crippen LogP) is 2.11. The van der Waals surface area contributed by atoms with Gasteiger partial charge in [-0.05, 0) is 57.3 Å². The van der Waals surface area contributed by atoms with Gasteiger partial charge in [0.2, 0.25) is 15.9 Å². The second-order valence-corrected chi connectivity index (χ2v) is 9.34. The number of halogens is 2. The molecular formula is C19H29ClFN3O3S. The highest BCUT2D eigenvalue weighted by atomic mass is 35.5. The molecule has 0 atom stereocenters. The molecule has 0 aromatic heterocycles. The number of amides is 1. The first-order chi connectivity index (χ1) is 12.9. The minimum atomic E-state index is -3.85. The zero-order valence-electron chi connectivity index (χ0n) is 16.1. The van der Waals surface area contributed by atoms with E-state index in [4.69, 9.17) is 0 Å². The zero-order valence-corrected chi connectivity index (χ0v) is 17.8.